The fourth-order valence-corrected chi connectivity index (χ4v) is 3.07. The van der Waals surface area contributed by atoms with E-state index in [1.165, 1.54) is 0 Å². The van der Waals surface area contributed by atoms with Gasteiger partial charge in [-0.3, -0.25) is 0 Å². The summed E-state index contributed by atoms with van der Waals surface area (Å²) in [6, 6.07) is 6.12. The quantitative estimate of drug-likeness (QED) is 0.927. The van der Waals surface area contributed by atoms with Crippen LogP contribution >= 0.6 is 11.6 Å². The standard InChI is InChI=1S/C16H24ClNO2/c1-12(2)18-8-6-16(19,7-9-18)11-13-10-14(17)4-5-15(13)20-3/h4-5,10,12,19H,6-9,11H2,1-3H3. The van der Waals surface area contributed by atoms with Gasteiger partial charge in [0.1, 0.15) is 5.75 Å². The van der Waals surface area contributed by atoms with Gasteiger partial charge in [0.25, 0.3) is 0 Å². The second-order valence-electron chi connectivity index (χ2n) is 5.99. The van der Waals surface area contributed by atoms with Crippen LogP contribution in [0.4, 0.5) is 0 Å². The highest BCUT2D eigenvalue weighted by molar-refractivity contribution is 6.30. The Morgan fingerprint density at radius 3 is 2.55 bits per heavy atom. The maximum Gasteiger partial charge on any atom is 0.122 e. The fraction of sp³-hybridized carbons (Fsp3) is 0.625. The molecule has 1 saturated heterocycles. The number of piperidine rings is 1. The van der Waals surface area contributed by atoms with Gasteiger partial charge in [0.15, 0.2) is 0 Å². The van der Waals surface area contributed by atoms with E-state index in [2.05, 4.69) is 18.7 Å². The lowest BCUT2D eigenvalue weighted by molar-refractivity contribution is -0.0274. The van der Waals surface area contributed by atoms with Crippen molar-refractivity contribution >= 4 is 11.6 Å². The molecular weight excluding hydrogens is 274 g/mol. The maximum atomic E-state index is 10.8. The molecule has 1 aliphatic heterocycles. The molecule has 0 aromatic heterocycles. The van der Waals surface area contributed by atoms with Gasteiger partial charge in [-0.1, -0.05) is 11.6 Å². The van der Waals surface area contributed by atoms with Gasteiger partial charge < -0.3 is 14.7 Å². The first-order chi connectivity index (χ1) is 9.43. The van der Waals surface area contributed by atoms with Gasteiger partial charge in [-0.15, -0.1) is 0 Å². The van der Waals surface area contributed by atoms with E-state index >= 15 is 0 Å². The van der Waals surface area contributed by atoms with Crippen molar-refractivity contribution in [1.29, 1.82) is 0 Å². The van der Waals surface area contributed by atoms with E-state index in [4.69, 9.17) is 16.3 Å². The molecule has 0 spiro atoms. The Kier molecular flexibility index (Phi) is 4.95. The first-order valence-electron chi connectivity index (χ1n) is 7.22. The molecule has 0 saturated carbocycles. The van der Waals surface area contributed by atoms with Crippen molar-refractivity contribution in [2.45, 2.75) is 44.8 Å². The van der Waals surface area contributed by atoms with Gasteiger partial charge in [0.05, 0.1) is 12.7 Å². The third-order valence-electron chi connectivity index (χ3n) is 4.22. The minimum absolute atomic E-state index is 0.542. The van der Waals surface area contributed by atoms with E-state index in [0.717, 1.165) is 37.2 Å². The molecule has 0 aliphatic carbocycles. The van der Waals surface area contributed by atoms with Crippen molar-refractivity contribution in [3.05, 3.63) is 28.8 Å². The molecular formula is C16H24ClNO2. The van der Waals surface area contributed by atoms with Crippen molar-refractivity contribution in [2.75, 3.05) is 20.2 Å². The normalized spacial score (nSPS) is 19.3. The molecule has 4 heteroatoms. The number of hydrogen-bond donors (Lipinski definition) is 1. The number of aliphatic hydroxyl groups is 1. The van der Waals surface area contributed by atoms with Gasteiger partial charge in [-0.25, -0.2) is 0 Å². The van der Waals surface area contributed by atoms with E-state index < -0.39 is 5.60 Å². The minimum Gasteiger partial charge on any atom is -0.496 e. The van der Waals surface area contributed by atoms with Crippen LogP contribution in [0.3, 0.4) is 0 Å². The van der Waals surface area contributed by atoms with Gasteiger partial charge in [0.2, 0.25) is 0 Å². The second-order valence-corrected chi connectivity index (χ2v) is 6.42. The monoisotopic (exact) mass is 297 g/mol. The van der Waals surface area contributed by atoms with Crippen molar-refractivity contribution in [3.8, 4) is 5.75 Å². The summed E-state index contributed by atoms with van der Waals surface area (Å²) in [5.74, 6) is 0.800. The average Bonchev–Trinajstić information content (AvgIpc) is 2.39. The van der Waals surface area contributed by atoms with Crippen LogP contribution in [0.15, 0.2) is 18.2 Å². The summed E-state index contributed by atoms with van der Waals surface area (Å²) in [4.78, 5) is 2.41. The number of halogens is 1. The van der Waals surface area contributed by atoms with Crippen LogP contribution in [-0.2, 0) is 6.42 Å². The molecule has 1 aromatic rings. The molecule has 1 heterocycles. The third kappa shape index (κ3) is 3.66. The summed E-state index contributed by atoms with van der Waals surface area (Å²) >= 11 is 6.06. The van der Waals surface area contributed by atoms with Crippen LogP contribution < -0.4 is 4.74 Å². The molecule has 1 fully saturated rings. The lowest BCUT2D eigenvalue weighted by atomic mass is 9.84. The van der Waals surface area contributed by atoms with Crippen LogP contribution in [0, 0.1) is 0 Å². The number of hydrogen-bond acceptors (Lipinski definition) is 3. The summed E-state index contributed by atoms with van der Waals surface area (Å²) in [6.07, 6.45) is 2.18. The van der Waals surface area contributed by atoms with E-state index in [9.17, 15) is 5.11 Å². The SMILES string of the molecule is COc1ccc(Cl)cc1CC1(O)CCN(C(C)C)CC1. The van der Waals surface area contributed by atoms with Crippen LogP contribution in [-0.4, -0.2) is 41.8 Å². The Morgan fingerprint density at radius 1 is 1.35 bits per heavy atom. The van der Waals surface area contributed by atoms with Crippen LogP contribution in [0.25, 0.3) is 0 Å². The van der Waals surface area contributed by atoms with E-state index in [-0.39, 0.29) is 0 Å². The van der Waals surface area contributed by atoms with Crippen molar-refractivity contribution in [1.82, 2.24) is 4.90 Å². The summed E-state index contributed by atoms with van der Waals surface area (Å²) in [5, 5.41) is 11.5. The van der Waals surface area contributed by atoms with Crippen LogP contribution in [0.2, 0.25) is 5.02 Å². The summed E-state index contributed by atoms with van der Waals surface area (Å²) in [6.45, 7) is 6.28. The van der Waals surface area contributed by atoms with Gasteiger partial charge in [-0.05, 0) is 50.5 Å². The lowest BCUT2D eigenvalue weighted by Crippen LogP contribution is -2.47. The molecule has 1 aromatic carbocycles. The highest BCUT2D eigenvalue weighted by Gasteiger charge is 2.33. The van der Waals surface area contributed by atoms with Crippen molar-refractivity contribution in [3.63, 3.8) is 0 Å². The molecule has 20 heavy (non-hydrogen) atoms. The maximum absolute atomic E-state index is 10.8. The number of likely N-dealkylation sites (tertiary alicyclic amines) is 1. The predicted octanol–water partition coefficient (Wildman–Crippen LogP) is 3.13. The Balaban J connectivity index is 2.08. The minimum atomic E-state index is -0.649. The molecule has 0 unspecified atom stereocenters. The first-order valence-corrected chi connectivity index (χ1v) is 7.60. The molecule has 112 valence electrons. The summed E-state index contributed by atoms with van der Waals surface area (Å²) < 4.78 is 5.37. The lowest BCUT2D eigenvalue weighted by Gasteiger charge is -2.40. The van der Waals surface area contributed by atoms with Gasteiger partial charge in [0, 0.05) is 30.6 Å². The third-order valence-corrected chi connectivity index (χ3v) is 4.46. The second kappa shape index (κ2) is 6.33. The summed E-state index contributed by atoms with van der Waals surface area (Å²) in [7, 11) is 1.65. The van der Waals surface area contributed by atoms with Gasteiger partial charge >= 0.3 is 0 Å². The predicted molar refractivity (Wildman–Crippen MR) is 82.6 cm³/mol. The molecule has 1 aliphatic rings. The molecule has 2 rings (SSSR count). The van der Waals surface area contributed by atoms with Crippen molar-refractivity contribution < 1.29 is 9.84 Å². The van der Waals surface area contributed by atoms with E-state index in [0.29, 0.717) is 17.5 Å². The number of benzene rings is 1. The van der Waals surface area contributed by atoms with Gasteiger partial charge in [-0.2, -0.15) is 0 Å². The Hall–Kier alpha value is -0.770. The smallest absolute Gasteiger partial charge is 0.122 e. The highest BCUT2D eigenvalue weighted by Crippen LogP contribution is 2.32. The molecule has 0 atom stereocenters. The van der Waals surface area contributed by atoms with E-state index in [1.54, 1.807) is 7.11 Å². The first kappa shape index (κ1) is 15.6. The molecule has 0 bridgehead atoms. The van der Waals surface area contributed by atoms with Crippen molar-refractivity contribution in [2.24, 2.45) is 0 Å². The Bertz CT molecular complexity index is 454. The Morgan fingerprint density at radius 2 is 2.00 bits per heavy atom. The fourth-order valence-electron chi connectivity index (χ4n) is 2.87. The molecule has 0 radical (unpaired) electrons. The highest BCUT2D eigenvalue weighted by atomic mass is 35.5. The molecule has 3 nitrogen and oxygen atoms in total. The zero-order chi connectivity index (χ0) is 14.8. The number of rotatable bonds is 4. The zero-order valence-corrected chi connectivity index (χ0v) is 13.3. The molecule has 0 amide bonds. The Labute approximate surface area is 126 Å². The summed E-state index contributed by atoms with van der Waals surface area (Å²) in [5.41, 5.74) is 0.337. The average molecular weight is 298 g/mol. The number of nitrogens with zero attached hydrogens (tertiary/aromatic N) is 1. The molecule has 1 N–H and O–H groups in total. The number of methoxy groups -OCH3 is 1. The largest absolute Gasteiger partial charge is 0.496 e. The number of ether oxygens (including phenoxy) is 1. The van der Waals surface area contributed by atoms with E-state index in [1.807, 2.05) is 18.2 Å². The van der Waals surface area contributed by atoms with Crippen LogP contribution in [0.1, 0.15) is 32.3 Å². The van der Waals surface area contributed by atoms with Crippen LogP contribution in [0.5, 0.6) is 5.75 Å². The zero-order valence-electron chi connectivity index (χ0n) is 12.5. The topological polar surface area (TPSA) is 32.7 Å².